The number of nitrogens with zero attached hydrogens (tertiary/aromatic N) is 1. The lowest BCUT2D eigenvalue weighted by Gasteiger charge is -2.32. The van der Waals surface area contributed by atoms with Crippen molar-refractivity contribution in [3.8, 4) is 0 Å². The Morgan fingerprint density at radius 1 is 1.14 bits per heavy atom. The fourth-order valence-corrected chi connectivity index (χ4v) is 3.57. The second-order valence-electron chi connectivity index (χ2n) is 6.14. The molecule has 3 N–H and O–H groups in total. The molecule has 1 aliphatic heterocycles. The van der Waals surface area contributed by atoms with Gasteiger partial charge < -0.3 is 20.4 Å². The van der Waals surface area contributed by atoms with E-state index in [4.69, 9.17) is 5.11 Å². The number of nitrogens with one attached hydrogen (secondary N) is 1. The minimum absolute atomic E-state index is 0.131. The first-order chi connectivity index (χ1) is 10.1. The van der Waals surface area contributed by atoms with Crippen LogP contribution in [0.2, 0.25) is 0 Å². The van der Waals surface area contributed by atoms with E-state index in [9.17, 15) is 14.7 Å². The zero-order chi connectivity index (χ0) is 15.2. The van der Waals surface area contributed by atoms with Gasteiger partial charge in [0.2, 0.25) is 0 Å². The van der Waals surface area contributed by atoms with Gasteiger partial charge >= 0.3 is 12.0 Å². The van der Waals surface area contributed by atoms with E-state index in [0.717, 1.165) is 45.1 Å². The first-order valence-corrected chi connectivity index (χ1v) is 8.04. The maximum absolute atomic E-state index is 12.4. The maximum atomic E-state index is 12.4. The summed E-state index contributed by atoms with van der Waals surface area (Å²) in [4.78, 5) is 25.5. The molecule has 0 aromatic rings. The molecule has 0 radical (unpaired) electrons. The SMILES string of the molecule is O=C(O)C1CCCCC1NC(=O)N1CCCC1CCCO. The van der Waals surface area contributed by atoms with Crippen LogP contribution in [0.5, 0.6) is 0 Å². The molecule has 2 rings (SSSR count). The Labute approximate surface area is 125 Å². The number of aliphatic carboxylic acids is 1. The fourth-order valence-electron chi connectivity index (χ4n) is 3.57. The van der Waals surface area contributed by atoms with Crippen LogP contribution in [-0.4, -0.2) is 52.3 Å². The van der Waals surface area contributed by atoms with Crippen LogP contribution < -0.4 is 5.32 Å². The van der Waals surface area contributed by atoms with Crippen molar-refractivity contribution in [2.75, 3.05) is 13.2 Å². The smallest absolute Gasteiger partial charge is 0.317 e. The van der Waals surface area contributed by atoms with Crippen LogP contribution in [0.4, 0.5) is 4.79 Å². The Balaban J connectivity index is 1.91. The van der Waals surface area contributed by atoms with Gasteiger partial charge in [0.1, 0.15) is 0 Å². The summed E-state index contributed by atoms with van der Waals surface area (Å²) >= 11 is 0. The normalized spacial score (nSPS) is 29.4. The van der Waals surface area contributed by atoms with Crippen LogP contribution in [0.1, 0.15) is 51.4 Å². The number of amides is 2. The summed E-state index contributed by atoms with van der Waals surface area (Å²) in [7, 11) is 0. The highest BCUT2D eigenvalue weighted by atomic mass is 16.4. The Bertz CT molecular complexity index is 375. The molecule has 6 heteroatoms. The van der Waals surface area contributed by atoms with E-state index in [-0.39, 0.29) is 24.7 Å². The van der Waals surface area contributed by atoms with Gasteiger partial charge in [-0.25, -0.2) is 4.79 Å². The maximum Gasteiger partial charge on any atom is 0.317 e. The summed E-state index contributed by atoms with van der Waals surface area (Å²) in [6.45, 7) is 0.877. The molecule has 21 heavy (non-hydrogen) atoms. The second-order valence-corrected chi connectivity index (χ2v) is 6.14. The Kier molecular flexibility index (Phi) is 5.85. The van der Waals surface area contributed by atoms with E-state index < -0.39 is 11.9 Å². The molecule has 2 fully saturated rings. The number of carbonyl (C=O) groups excluding carboxylic acids is 1. The van der Waals surface area contributed by atoms with E-state index in [1.165, 1.54) is 0 Å². The largest absolute Gasteiger partial charge is 0.481 e. The van der Waals surface area contributed by atoms with Crippen LogP contribution in [-0.2, 0) is 4.79 Å². The van der Waals surface area contributed by atoms with Gasteiger partial charge in [-0.3, -0.25) is 4.79 Å². The second kappa shape index (κ2) is 7.64. The summed E-state index contributed by atoms with van der Waals surface area (Å²) in [5.74, 6) is -1.26. The number of rotatable bonds is 5. The highest BCUT2D eigenvalue weighted by molar-refractivity contribution is 5.77. The summed E-state index contributed by atoms with van der Waals surface area (Å²) in [6.07, 6.45) is 6.77. The Hall–Kier alpha value is -1.30. The van der Waals surface area contributed by atoms with Crippen molar-refractivity contribution in [1.82, 2.24) is 10.2 Å². The van der Waals surface area contributed by atoms with Crippen molar-refractivity contribution in [2.24, 2.45) is 5.92 Å². The minimum Gasteiger partial charge on any atom is -0.481 e. The van der Waals surface area contributed by atoms with E-state index in [0.29, 0.717) is 12.8 Å². The molecule has 0 aromatic carbocycles. The number of urea groups is 1. The number of carbonyl (C=O) groups is 2. The van der Waals surface area contributed by atoms with Gasteiger partial charge in [0, 0.05) is 25.2 Å². The van der Waals surface area contributed by atoms with Crippen molar-refractivity contribution in [2.45, 2.75) is 63.5 Å². The van der Waals surface area contributed by atoms with E-state index in [1.54, 1.807) is 0 Å². The average molecular weight is 298 g/mol. The van der Waals surface area contributed by atoms with Crippen LogP contribution in [0, 0.1) is 5.92 Å². The summed E-state index contributed by atoms with van der Waals surface area (Å²) < 4.78 is 0. The fraction of sp³-hybridized carbons (Fsp3) is 0.867. The zero-order valence-corrected chi connectivity index (χ0v) is 12.5. The minimum atomic E-state index is -0.807. The first kappa shape index (κ1) is 16.1. The number of carboxylic acid groups (broad SMARTS) is 1. The molecular weight excluding hydrogens is 272 g/mol. The molecule has 1 aliphatic carbocycles. The van der Waals surface area contributed by atoms with Crippen LogP contribution >= 0.6 is 0 Å². The van der Waals surface area contributed by atoms with Crippen LogP contribution in [0.3, 0.4) is 0 Å². The summed E-state index contributed by atoms with van der Waals surface area (Å²) in [6, 6.07) is -0.194. The van der Waals surface area contributed by atoms with Crippen LogP contribution in [0.15, 0.2) is 0 Å². The van der Waals surface area contributed by atoms with Crippen molar-refractivity contribution >= 4 is 12.0 Å². The monoisotopic (exact) mass is 298 g/mol. The molecule has 1 saturated carbocycles. The van der Waals surface area contributed by atoms with Gasteiger partial charge in [-0.1, -0.05) is 12.8 Å². The molecule has 0 spiro atoms. The molecule has 2 amide bonds. The van der Waals surface area contributed by atoms with E-state index in [2.05, 4.69) is 5.32 Å². The van der Waals surface area contributed by atoms with Crippen molar-refractivity contribution in [1.29, 1.82) is 0 Å². The number of likely N-dealkylation sites (tertiary alicyclic amines) is 1. The van der Waals surface area contributed by atoms with Gasteiger partial charge in [0.15, 0.2) is 0 Å². The van der Waals surface area contributed by atoms with E-state index >= 15 is 0 Å². The van der Waals surface area contributed by atoms with Gasteiger partial charge in [0.25, 0.3) is 0 Å². The third kappa shape index (κ3) is 4.09. The lowest BCUT2D eigenvalue weighted by atomic mass is 9.84. The molecule has 1 saturated heterocycles. The molecule has 3 unspecified atom stereocenters. The van der Waals surface area contributed by atoms with Gasteiger partial charge in [0.05, 0.1) is 5.92 Å². The third-order valence-electron chi connectivity index (χ3n) is 4.73. The van der Waals surface area contributed by atoms with Gasteiger partial charge in [-0.05, 0) is 38.5 Å². The molecule has 0 bridgehead atoms. The summed E-state index contributed by atoms with van der Waals surface area (Å²) in [5, 5.41) is 21.1. The molecule has 2 aliphatic rings. The highest BCUT2D eigenvalue weighted by Gasteiger charge is 2.35. The predicted octanol–water partition coefficient (Wildman–Crippen LogP) is 1.58. The number of hydrogen-bond donors (Lipinski definition) is 3. The molecule has 120 valence electrons. The Morgan fingerprint density at radius 2 is 1.90 bits per heavy atom. The van der Waals surface area contributed by atoms with Crippen molar-refractivity contribution in [3.63, 3.8) is 0 Å². The molecule has 6 nitrogen and oxygen atoms in total. The third-order valence-corrected chi connectivity index (χ3v) is 4.73. The number of carboxylic acids is 1. The van der Waals surface area contributed by atoms with Gasteiger partial charge in [-0.15, -0.1) is 0 Å². The standard InChI is InChI=1S/C15H26N2O4/c18-10-4-6-11-5-3-9-17(11)15(21)16-13-8-2-1-7-12(13)14(19)20/h11-13,18H,1-10H2,(H,16,21)(H,19,20). The molecule has 0 aromatic heterocycles. The predicted molar refractivity (Wildman–Crippen MR) is 78.0 cm³/mol. The lowest BCUT2D eigenvalue weighted by molar-refractivity contribution is -0.143. The topological polar surface area (TPSA) is 89.9 Å². The first-order valence-electron chi connectivity index (χ1n) is 8.04. The lowest BCUT2D eigenvalue weighted by Crippen LogP contribution is -2.51. The molecular formula is C15H26N2O4. The number of hydrogen-bond acceptors (Lipinski definition) is 3. The summed E-state index contributed by atoms with van der Waals surface area (Å²) in [5.41, 5.74) is 0. The number of aliphatic hydroxyl groups excluding tert-OH is 1. The zero-order valence-electron chi connectivity index (χ0n) is 12.5. The Morgan fingerprint density at radius 3 is 2.62 bits per heavy atom. The van der Waals surface area contributed by atoms with Crippen molar-refractivity contribution in [3.05, 3.63) is 0 Å². The molecule has 3 atom stereocenters. The van der Waals surface area contributed by atoms with Gasteiger partial charge in [-0.2, -0.15) is 0 Å². The average Bonchev–Trinajstić information content (AvgIpc) is 2.94. The highest BCUT2D eigenvalue weighted by Crippen LogP contribution is 2.26. The van der Waals surface area contributed by atoms with Crippen molar-refractivity contribution < 1.29 is 19.8 Å². The van der Waals surface area contributed by atoms with E-state index in [1.807, 2.05) is 4.90 Å². The molecule has 1 heterocycles. The van der Waals surface area contributed by atoms with Crippen LogP contribution in [0.25, 0.3) is 0 Å². The number of aliphatic hydroxyl groups is 1. The quantitative estimate of drug-likeness (QED) is 0.719.